The summed E-state index contributed by atoms with van der Waals surface area (Å²) in [6, 6.07) is -0.573. The van der Waals surface area contributed by atoms with Crippen molar-refractivity contribution in [3.8, 4) is 0 Å². The molecule has 3 aliphatic rings. The summed E-state index contributed by atoms with van der Waals surface area (Å²) < 4.78 is -0.579. The summed E-state index contributed by atoms with van der Waals surface area (Å²) in [4.78, 5) is 42.3. The van der Waals surface area contributed by atoms with Crippen molar-refractivity contribution in [2.75, 3.05) is 19.7 Å². The second-order valence-electron chi connectivity index (χ2n) is 10.4. The summed E-state index contributed by atoms with van der Waals surface area (Å²) in [6.45, 7) is 9.12. The van der Waals surface area contributed by atoms with E-state index in [0.29, 0.717) is 19.5 Å². The van der Waals surface area contributed by atoms with Gasteiger partial charge in [0.1, 0.15) is 6.04 Å². The average molecular weight is 533 g/mol. The van der Waals surface area contributed by atoms with Crippen LogP contribution in [0.3, 0.4) is 0 Å². The molecule has 3 rings (SSSR count). The van der Waals surface area contributed by atoms with E-state index < -0.39 is 28.2 Å². The number of alkyl halides is 1. The lowest BCUT2D eigenvalue weighted by atomic mass is 9.70. The van der Waals surface area contributed by atoms with Gasteiger partial charge in [0, 0.05) is 35.3 Å². The number of fused-ring (bicyclic) bond motifs is 1. The molecule has 3 amide bonds. The lowest BCUT2D eigenvalue weighted by Crippen LogP contribution is -2.57. The molecule has 0 saturated carbocycles. The first-order valence-corrected chi connectivity index (χ1v) is 13.7. The van der Waals surface area contributed by atoms with Gasteiger partial charge in [0.2, 0.25) is 17.7 Å². The van der Waals surface area contributed by atoms with E-state index in [-0.39, 0.29) is 34.4 Å². The van der Waals surface area contributed by atoms with Crippen molar-refractivity contribution in [3.63, 3.8) is 0 Å². The number of carbonyl (C=O) groups is 3. The van der Waals surface area contributed by atoms with Crippen molar-refractivity contribution in [3.05, 3.63) is 0 Å². The summed E-state index contributed by atoms with van der Waals surface area (Å²) in [7, 11) is 0. The van der Waals surface area contributed by atoms with Gasteiger partial charge in [-0.05, 0) is 46.5 Å². The minimum Gasteiger partial charge on any atom is -0.396 e. The number of likely N-dealkylation sites (tertiary alicyclic amines) is 1. The number of nitrogens with zero attached hydrogens (tertiary/aromatic N) is 1. The smallest absolute Gasteiger partial charge is 0.244 e. The van der Waals surface area contributed by atoms with E-state index in [1.165, 1.54) is 0 Å². The van der Waals surface area contributed by atoms with E-state index in [4.69, 9.17) is 5.11 Å². The Balaban J connectivity index is 1.90. The van der Waals surface area contributed by atoms with Crippen molar-refractivity contribution in [1.82, 2.24) is 15.5 Å². The highest BCUT2D eigenvalue weighted by molar-refractivity contribution is 9.09. The molecular formula is C23H38BrN3O4S. The number of aliphatic hydroxyl groups is 1. The molecule has 7 nitrogen and oxygen atoms in total. The Morgan fingerprint density at radius 1 is 1.22 bits per heavy atom. The third-order valence-corrected chi connectivity index (χ3v) is 9.91. The van der Waals surface area contributed by atoms with E-state index in [0.717, 1.165) is 32.1 Å². The molecule has 1 spiro atoms. The number of thioether (sulfide) groups is 1. The van der Waals surface area contributed by atoms with Crippen LogP contribution >= 0.6 is 27.7 Å². The topological polar surface area (TPSA) is 98.7 Å². The number of hydrogen-bond donors (Lipinski definition) is 3. The molecule has 32 heavy (non-hydrogen) atoms. The fourth-order valence-electron chi connectivity index (χ4n) is 5.52. The molecule has 9 heteroatoms. The summed E-state index contributed by atoms with van der Waals surface area (Å²) in [5.74, 6) is -1.11. The Labute approximate surface area is 204 Å². The molecule has 3 aliphatic heterocycles. The fourth-order valence-corrected chi connectivity index (χ4v) is 9.14. The number of rotatable bonds is 10. The third-order valence-electron chi connectivity index (χ3n) is 6.69. The van der Waals surface area contributed by atoms with Gasteiger partial charge >= 0.3 is 0 Å². The van der Waals surface area contributed by atoms with Gasteiger partial charge in [-0.3, -0.25) is 14.4 Å². The Kier molecular flexibility index (Phi) is 8.24. The van der Waals surface area contributed by atoms with Gasteiger partial charge in [0.25, 0.3) is 0 Å². The second-order valence-corrected chi connectivity index (χ2v) is 13.1. The summed E-state index contributed by atoms with van der Waals surface area (Å²) in [5, 5.41) is 15.1. The number of halogens is 1. The van der Waals surface area contributed by atoms with Crippen molar-refractivity contribution < 1.29 is 19.5 Å². The van der Waals surface area contributed by atoms with Gasteiger partial charge in [-0.1, -0.05) is 35.7 Å². The van der Waals surface area contributed by atoms with Crippen LogP contribution in [0.2, 0.25) is 0 Å². The lowest BCUT2D eigenvalue weighted by molar-refractivity contribution is -0.140. The SMILES string of the molecule is CCCNC(=O)[C@H]1[C@@H]2SC3(CC2Br)C(C(=O)NC(C)(C)C)N(CCCCCCO)C(=O)[C@H]13. The van der Waals surface area contributed by atoms with E-state index in [1.807, 2.05) is 27.7 Å². The largest absolute Gasteiger partial charge is 0.396 e. The molecule has 0 aliphatic carbocycles. The Morgan fingerprint density at radius 3 is 2.53 bits per heavy atom. The molecule has 3 fully saturated rings. The van der Waals surface area contributed by atoms with Crippen LogP contribution in [-0.2, 0) is 14.4 Å². The molecule has 0 aromatic heterocycles. The number of aliphatic hydroxyl groups excluding tert-OH is 1. The zero-order valence-corrected chi connectivity index (χ0v) is 22.1. The first-order valence-electron chi connectivity index (χ1n) is 11.9. The molecule has 0 radical (unpaired) electrons. The molecule has 6 atom stereocenters. The van der Waals surface area contributed by atoms with Crippen molar-refractivity contribution in [1.29, 1.82) is 0 Å². The van der Waals surface area contributed by atoms with Gasteiger partial charge in [-0.2, -0.15) is 0 Å². The summed E-state index contributed by atoms with van der Waals surface area (Å²) >= 11 is 5.46. The highest BCUT2D eigenvalue weighted by Crippen LogP contribution is 2.67. The molecular weight excluding hydrogens is 494 g/mol. The zero-order valence-electron chi connectivity index (χ0n) is 19.7. The quantitative estimate of drug-likeness (QED) is 0.297. The van der Waals surface area contributed by atoms with Crippen LogP contribution in [0.5, 0.6) is 0 Å². The van der Waals surface area contributed by atoms with E-state index in [1.54, 1.807) is 16.7 Å². The van der Waals surface area contributed by atoms with E-state index in [9.17, 15) is 14.4 Å². The predicted octanol–water partition coefficient (Wildman–Crippen LogP) is 2.44. The van der Waals surface area contributed by atoms with Gasteiger partial charge in [-0.15, -0.1) is 11.8 Å². The monoisotopic (exact) mass is 531 g/mol. The fraction of sp³-hybridized carbons (Fsp3) is 0.870. The second kappa shape index (κ2) is 10.2. The molecule has 3 N–H and O–H groups in total. The standard InChI is InChI=1S/C23H38BrN3O4S/c1-5-10-25-19(29)15-16-21(31)27(11-8-6-7-9-12-28)18(20(30)26-22(2,3)4)23(16)13-14(24)17(15)32-23/h14-18,28H,5-13H2,1-4H3,(H,25,29)(H,26,30)/t14?,15-,16+,17-,18?,23?/m1/s1. The van der Waals surface area contributed by atoms with Crippen LogP contribution in [0.25, 0.3) is 0 Å². The third kappa shape index (κ3) is 4.85. The number of amides is 3. The van der Waals surface area contributed by atoms with Crippen molar-refractivity contribution >= 4 is 45.4 Å². The molecule has 0 aromatic carbocycles. The summed E-state index contributed by atoms with van der Waals surface area (Å²) in [5.41, 5.74) is -0.408. The molecule has 2 bridgehead atoms. The molecule has 3 heterocycles. The maximum absolute atomic E-state index is 13.8. The van der Waals surface area contributed by atoms with Crippen LogP contribution in [-0.4, -0.2) is 73.8 Å². The van der Waals surface area contributed by atoms with E-state index >= 15 is 0 Å². The van der Waals surface area contributed by atoms with Crippen molar-refractivity contribution in [2.24, 2.45) is 11.8 Å². The summed E-state index contributed by atoms with van der Waals surface area (Å²) in [6.07, 6.45) is 4.87. The Hall–Kier alpha value is -0.800. The van der Waals surface area contributed by atoms with E-state index in [2.05, 4.69) is 26.6 Å². The minimum absolute atomic E-state index is 0.00236. The van der Waals surface area contributed by atoms with Crippen LogP contribution in [0.15, 0.2) is 0 Å². The maximum atomic E-state index is 13.8. The number of nitrogens with one attached hydrogen (secondary N) is 2. The zero-order chi connectivity index (χ0) is 23.7. The van der Waals surface area contributed by atoms with Gasteiger partial charge < -0.3 is 20.6 Å². The minimum atomic E-state index is -0.579. The normalized spacial score (nSPS) is 33.5. The van der Waals surface area contributed by atoms with Gasteiger partial charge in [0.05, 0.1) is 16.6 Å². The molecule has 182 valence electrons. The first kappa shape index (κ1) is 25.8. The van der Waals surface area contributed by atoms with Gasteiger partial charge in [-0.25, -0.2) is 0 Å². The Morgan fingerprint density at radius 2 is 1.91 bits per heavy atom. The average Bonchev–Trinajstić information content (AvgIpc) is 3.28. The number of carbonyl (C=O) groups excluding carboxylic acids is 3. The van der Waals surface area contributed by atoms with Crippen molar-refractivity contribution in [2.45, 2.75) is 92.6 Å². The molecule has 3 saturated heterocycles. The number of unbranched alkanes of at least 4 members (excludes halogenated alkanes) is 3. The number of hydrogen-bond acceptors (Lipinski definition) is 5. The first-order chi connectivity index (χ1) is 15.1. The predicted molar refractivity (Wildman–Crippen MR) is 131 cm³/mol. The molecule has 3 unspecified atom stereocenters. The van der Waals surface area contributed by atoms with Crippen LogP contribution in [0, 0.1) is 11.8 Å². The maximum Gasteiger partial charge on any atom is 0.244 e. The van der Waals surface area contributed by atoms with Crippen LogP contribution in [0.4, 0.5) is 0 Å². The Bertz CT molecular complexity index is 731. The lowest BCUT2D eigenvalue weighted by Gasteiger charge is -2.36. The molecule has 0 aromatic rings. The highest BCUT2D eigenvalue weighted by atomic mass is 79.9. The van der Waals surface area contributed by atoms with Gasteiger partial charge in [0.15, 0.2) is 0 Å². The highest BCUT2D eigenvalue weighted by Gasteiger charge is 2.75. The van der Waals surface area contributed by atoms with Crippen LogP contribution in [0.1, 0.15) is 66.2 Å². The van der Waals surface area contributed by atoms with Crippen LogP contribution < -0.4 is 10.6 Å².